The van der Waals surface area contributed by atoms with Gasteiger partial charge >= 0.3 is 0 Å². The van der Waals surface area contributed by atoms with E-state index >= 15 is 0 Å². The molecule has 55 heavy (non-hydrogen) atoms. The van der Waals surface area contributed by atoms with Gasteiger partial charge in [-0.25, -0.2) is 18.1 Å². The highest BCUT2D eigenvalue weighted by Gasteiger charge is 2.38. The molecule has 13 heteroatoms. The third kappa shape index (κ3) is 12.9. The molecule has 2 aromatic carbocycles. The number of imidazole rings is 1. The monoisotopic (exact) mass is 779 g/mol. The molecule has 0 bridgehead atoms. The van der Waals surface area contributed by atoms with Crippen LogP contribution >= 0.6 is 0 Å². The smallest absolute Gasteiger partial charge is 0.291 e. The molecule has 0 saturated carbocycles. The molecule has 1 heterocycles. The van der Waals surface area contributed by atoms with E-state index in [1.807, 2.05) is 4.72 Å². The van der Waals surface area contributed by atoms with Gasteiger partial charge in [0.05, 0.1) is 10.6 Å². The topological polar surface area (TPSA) is 166 Å². The maximum Gasteiger partial charge on any atom is 0.291 e. The maximum absolute atomic E-state index is 14.1. The summed E-state index contributed by atoms with van der Waals surface area (Å²) in [5, 5.41) is 5.21. The second-order valence-corrected chi connectivity index (χ2v) is 13.2. The lowest BCUT2D eigenvalue weighted by molar-refractivity contribution is -0.135. The van der Waals surface area contributed by atoms with E-state index in [1.165, 1.54) is 25.4 Å². The number of ether oxygens (including phenoxy) is 1. The highest BCUT2D eigenvalue weighted by molar-refractivity contribution is 7.90. The molecule has 0 aliphatic heterocycles. The van der Waals surface area contributed by atoms with Crippen molar-refractivity contribution in [2.75, 3.05) is 10.6 Å². The number of rotatable bonds is 10. The zero-order valence-electron chi connectivity index (χ0n) is 29.8. The Kier molecular flexibility index (Phi) is 15.1. The number of ketones is 1. The fraction of sp³-hybridized carbons (Fsp3) is 0.167. The third-order valence-corrected chi connectivity index (χ3v) is 7.91. The summed E-state index contributed by atoms with van der Waals surface area (Å²) >= 11 is 0. The number of anilines is 2. The van der Waals surface area contributed by atoms with Gasteiger partial charge in [0.2, 0.25) is 5.91 Å². The minimum Gasteiger partial charge on any atom is -0.404 e. The minimum absolute atomic E-state index is 0. The van der Waals surface area contributed by atoms with E-state index < -0.39 is 49.9 Å². The number of terminal acetylenes is 1. The van der Waals surface area contributed by atoms with Gasteiger partial charge in [0, 0.05) is 94.2 Å². The van der Waals surface area contributed by atoms with E-state index in [0.29, 0.717) is 5.69 Å². The molecule has 0 radical (unpaired) electrons. The van der Waals surface area contributed by atoms with Crippen molar-refractivity contribution in [3.63, 3.8) is 0 Å². The Bertz CT molecular complexity index is 2670. The van der Waals surface area contributed by atoms with E-state index in [9.17, 15) is 27.6 Å². The van der Waals surface area contributed by atoms with Gasteiger partial charge in [-0.3, -0.25) is 19.2 Å². The van der Waals surface area contributed by atoms with Crippen molar-refractivity contribution in [1.82, 2.24) is 14.3 Å². The van der Waals surface area contributed by atoms with Crippen molar-refractivity contribution in [2.45, 2.75) is 45.1 Å². The van der Waals surface area contributed by atoms with Crippen molar-refractivity contribution in [3.8, 4) is 101 Å². The second kappa shape index (κ2) is 20.1. The quantitative estimate of drug-likeness (QED) is 0.145. The summed E-state index contributed by atoms with van der Waals surface area (Å²) in [7, 11) is -4.40. The molecular weight excluding hydrogens is 719 g/mol. The number of nitrogens with zero attached hydrogens (tertiary/aromatic N) is 2. The van der Waals surface area contributed by atoms with Gasteiger partial charge < -0.3 is 19.9 Å². The first-order chi connectivity index (χ1) is 26.3. The molecule has 0 saturated heterocycles. The highest BCUT2D eigenvalue weighted by atomic mass is 32.2. The van der Waals surface area contributed by atoms with E-state index in [1.54, 1.807) is 51.1 Å². The first-order valence-corrected chi connectivity index (χ1v) is 17.3. The Morgan fingerprint density at radius 3 is 2.00 bits per heavy atom. The molecule has 0 spiro atoms. The van der Waals surface area contributed by atoms with Gasteiger partial charge in [-0.1, -0.05) is 45.9 Å². The molecule has 3 amide bonds. The largest absolute Gasteiger partial charge is 0.404 e. The number of hydrogen-bond acceptors (Lipinski definition) is 8. The molecule has 1 atom stereocenters. The van der Waals surface area contributed by atoms with E-state index in [-0.39, 0.29) is 46.5 Å². The zero-order valence-corrected chi connectivity index (χ0v) is 30.6. The van der Waals surface area contributed by atoms with Crippen LogP contribution in [0.4, 0.5) is 11.4 Å². The van der Waals surface area contributed by atoms with E-state index in [0.717, 1.165) is 16.7 Å². The average Bonchev–Trinajstić information content (AvgIpc) is 3.63. The van der Waals surface area contributed by atoms with E-state index in [2.05, 4.69) is 105 Å². The summed E-state index contributed by atoms with van der Waals surface area (Å²) in [5.74, 6) is 30.2. The van der Waals surface area contributed by atoms with Crippen LogP contribution in [0.25, 0.3) is 0 Å². The maximum atomic E-state index is 14.1. The first-order valence-electron chi connectivity index (χ1n) is 15.8. The van der Waals surface area contributed by atoms with Gasteiger partial charge in [0.1, 0.15) is 6.11 Å². The molecule has 0 aliphatic carbocycles. The van der Waals surface area contributed by atoms with Gasteiger partial charge in [0.15, 0.2) is 23.4 Å². The molecule has 3 rings (SSSR count). The van der Waals surface area contributed by atoms with Crippen LogP contribution in [0.5, 0.6) is 5.75 Å². The van der Waals surface area contributed by atoms with Crippen LogP contribution in [-0.2, 0) is 24.4 Å². The molecule has 3 N–H and O–H groups in total. The van der Waals surface area contributed by atoms with Crippen LogP contribution in [0, 0.1) is 101 Å². The Morgan fingerprint density at radius 1 is 0.855 bits per heavy atom. The Hall–Kier alpha value is -8.04. The lowest BCUT2D eigenvalue weighted by atomic mass is 9.86. The fourth-order valence-electron chi connectivity index (χ4n) is 4.02. The molecule has 1 unspecified atom stereocenters. The van der Waals surface area contributed by atoms with Gasteiger partial charge in [-0.05, 0) is 71.8 Å². The van der Waals surface area contributed by atoms with Crippen molar-refractivity contribution in [2.24, 2.45) is 5.41 Å². The number of benzene rings is 2. The van der Waals surface area contributed by atoms with Crippen molar-refractivity contribution >= 4 is 44.9 Å². The van der Waals surface area contributed by atoms with Gasteiger partial charge in [-0.15, -0.1) is 6.42 Å². The van der Waals surface area contributed by atoms with E-state index in [4.69, 9.17) is 11.2 Å². The summed E-state index contributed by atoms with van der Waals surface area (Å²) in [4.78, 5) is 56.8. The third-order valence-electron chi connectivity index (χ3n) is 6.54. The standard InChI is InChI=1S/C42H29N5O7S.16H2/c1-6-8-9-10-11-12-13-14-15-16-17-18-19-23-30-54-35-27-26-33(55(52,53)46-36(48)7-2)31-34(35)45-40(50)37(38(49)42(3,4)5)47-29-28-43-39(47)41(51)44-32-24-21-20-22-25-32;;;;;;;;;;;;;;;;/h1,20-22,24-29,31,37H,7H2,2-5H3,(H,44,51)(H,45,50)(H,46,48);16*1H. The molecule has 3 aromatic rings. The van der Waals surface area contributed by atoms with Crippen LogP contribution in [-0.4, -0.2) is 41.5 Å². The zero-order chi connectivity index (χ0) is 40.3. The fourth-order valence-corrected chi connectivity index (χ4v) is 5.10. The number of carbonyl (C=O) groups excluding carboxylic acids is 4. The van der Waals surface area contributed by atoms with Crippen LogP contribution in [0.1, 0.15) is 73.6 Å². The van der Waals surface area contributed by atoms with Crippen molar-refractivity contribution in [1.29, 1.82) is 0 Å². The lowest BCUT2D eigenvalue weighted by Gasteiger charge is -2.26. The summed E-state index contributed by atoms with van der Waals surface area (Å²) in [6, 6.07) is 10.1. The molecule has 0 aliphatic rings. The Labute approximate surface area is 343 Å². The summed E-state index contributed by atoms with van der Waals surface area (Å²) in [6.07, 6.45) is 9.72. The number of Topliss-reactive ketones (excluding diaryl/α,β-unsaturated/α-hetero) is 1. The van der Waals surface area contributed by atoms with Crippen LogP contribution in [0.15, 0.2) is 65.8 Å². The Morgan fingerprint density at radius 2 is 1.44 bits per heavy atom. The molecule has 12 nitrogen and oxygen atoms in total. The summed E-state index contributed by atoms with van der Waals surface area (Å²) in [5.41, 5.74) is -0.902. The Balaban J connectivity index is -0.000000169. The average molecular weight is 780 g/mol. The molecular formula is C42H61N5O7S. The molecule has 1 aromatic heterocycles. The summed E-state index contributed by atoms with van der Waals surface area (Å²) in [6.45, 7) is 6.24. The number of nitrogens with one attached hydrogen (secondary N) is 3. The normalized spacial score (nSPS) is 9.95. The number of aromatic nitrogens is 2. The number of para-hydroxylation sites is 1. The molecule has 302 valence electrons. The number of amides is 3. The molecule has 0 fully saturated rings. The van der Waals surface area contributed by atoms with Crippen LogP contribution in [0.2, 0.25) is 0 Å². The SMILES string of the molecule is C#CC#CC#CC#CC#CC#CC#CC#COc1ccc(S(=O)(=O)NC(=O)CC)cc1NC(=O)C(C(=O)C(C)(C)C)n1ccnc1C(=O)Nc1ccccc1.[HH].[HH].[HH].[HH].[HH].[HH].[HH].[HH].[HH].[HH].[HH].[HH].[HH].[HH].[HH].[HH]. The number of carbonyl (C=O) groups is 4. The number of hydrogen-bond donors (Lipinski definition) is 3. The van der Waals surface area contributed by atoms with Crippen molar-refractivity contribution in [3.05, 3.63) is 66.7 Å². The van der Waals surface area contributed by atoms with Crippen molar-refractivity contribution < 1.29 is 55.2 Å². The van der Waals surface area contributed by atoms with Crippen LogP contribution < -0.4 is 20.1 Å². The minimum atomic E-state index is -4.40. The highest BCUT2D eigenvalue weighted by Crippen LogP contribution is 2.31. The predicted molar refractivity (Wildman–Crippen MR) is 239 cm³/mol. The van der Waals surface area contributed by atoms with Gasteiger partial charge in [-0.2, -0.15) is 0 Å². The van der Waals surface area contributed by atoms with Crippen LogP contribution in [0.3, 0.4) is 0 Å². The lowest BCUT2D eigenvalue weighted by Crippen LogP contribution is -2.40. The predicted octanol–water partition coefficient (Wildman–Crippen LogP) is 7.07. The first kappa shape index (κ1) is 41.4. The number of sulfonamides is 1. The second-order valence-electron chi connectivity index (χ2n) is 11.5. The van der Waals surface area contributed by atoms with Gasteiger partial charge in [0.25, 0.3) is 21.8 Å². The summed E-state index contributed by atoms with van der Waals surface area (Å²) < 4.78 is 34.5.